The minimum Gasteiger partial charge on any atom is -0.396 e. The second-order valence-corrected chi connectivity index (χ2v) is 10.8. The Morgan fingerprint density at radius 2 is 1.94 bits per heavy atom. The van der Waals surface area contributed by atoms with Gasteiger partial charge in [0.25, 0.3) is 0 Å². The summed E-state index contributed by atoms with van der Waals surface area (Å²) in [4.78, 5) is 0. The first-order valence-electron chi connectivity index (χ1n) is 11.5. The summed E-state index contributed by atoms with van der Waals surface area (Å²) in [6.07, 6.45) is -0.642. The monoisotopic (exact) mass is 473 g/mol. The van der Waals surface area contributed by atoms with Crippen LogP contribution in [0.2, 0.25) is 0 Å². The smallest absolute Gasteiger partial charge is 0.186 e. The Balaban J connectivity index is 1.43. The average molecular weight is 474 g/mol. The third kappa shape index (κ3) is 5.91. The predicted octanol–water partition coefficient (Wildman–Crippen LogP) is -0.218. The molecule has 1 aromatic heterocycles. The summed E-state index contributed by atoms with van der Waals surface area (Å²) >= 11 is 0. The maximum absolute atomic E-state index is 10.5. The lowest BCUT2D eigenvalue weighted by Gasteiger charge is -2.49. The molecule has 0 amide bonds. The third-order valence-electron chi connectivity index (χ3n) is 6.55. The van der Waals surface area contributed by atoms with Gasteiger partial charge in [-0.2, -0.15) is 0 Å². The van der Waals surface area contributed by atoms with Crippen molar-refractivity contribution in [3.8, 4) is 0 Å². The van der Waals surface area contributed by atoms with Gasteiger partial charge >= 0.3 is 0 Å². The van der Waals surface area contributed by atoms with Crippen LogP contribution < -0.4 is 0 Å². The molecule has 1 saturated carbocycles. The Kier molecular flexibility index (Phi) is 7.87. The van der Waals surface area contributed by atoms with Gasteiger partial charge in [0, 0.05) is 0 Å². The lowest BCUT2D eigenvalue weighted by Crippen LogP contribution is -2.63. The molecular formula is C22H39N3O8. The van der Waals surface area contributed by atoms with Crippen molar-refractivity contribution >= 4 is 0 Å². The third-order valence-corrected chi connectivity index (χ3v) is 6.55. The van der Waals surface area contributed by atoms with Gasteiger partial charge in [0.2, 0.25) is 0 Å². The van der Waals surface area contributed by atoms with E-state index in [1.54, 1.807) is 17.8 Å². The largest absolute Gasteiger partial charge is 0.396 e. The van der Waals surface area contributed by atoms with Gasteiger partial charge in [-0.3, -0.25) is 0 Å². The first-order chi connectivity index (χ1) is 15.3. The summed E-state index contributed by atoms with van der Waals surface area (Å²) in [5.74, 6) is -3.52. The molecule has 33 heavy (non-hydrogen) atoms. The van der Waals surface area contributed by atoms with Crippen molar-refractivity contribution in [1.82, 2.24) is 15.0 Å². The van der Waals surface area contributed by atoms with Gasteiger partial charge in [0.05, 0.1) is 68.3 Å². The minimum atomic E-state index is -1.76. The van der Waals surface area contributed by atoms with Crippen LogP contribution in [0.15, 0.2) is 6.20 Å². The maximum Gasteiger partial charge on any atom is 0.186 e. The van der Waals surface area contributed by atoms with E-state index in [0.717, 1.165) is 6.42 Å². The highest BCUT2D eigenvalue weighted by Crippen LogP contribution is 2.53. The number of fused-ring (bicyclic) bond motifs is 1. The predicted molar refractivity (Wildman–Crippen MR) is 115 cm³/mol. The Morgan fingerprint density at radius 3 is 2.58 bits per heavy atom. The van der Waals surface area contributed by atoms with Gasteiger partial charge in [-0.25, -0.2) is 4.68 Å². The Labute approximate surface area is 194 Å². The lowest BCUT2D eigenvalue weighted by atomic mass is 9.79. The Morgan fingerprint density at radius 1 is 1.24 bits per heavy atom. The second kappa shape index (κ2) is 9.82. The average Bonchev–Trinajstić information content (AvgIpc) is 3.16. The summed E-state index contributed by atoms with van der Waals surface area (Å²) < 4.78 is 18.9. The molecule has 1 aliphatic carbocycles. The first-order valence-corrected chi connectivity index (χ1v) is 11.5. The van der Waals surface area contributed by atoms with E-state index in [4.69, 9.17) is 14.2 Å². The van der Waals surface area contributed by atoms with Crippen LogP contribution in [-0.4, -0.2) is 89.7 Å². The lowest BCUT2D eigenvalue weighted by molar-refractivity contribution is -0.439. The van der Waals surface area contributed by atoms with Gasteiger partial charge in [0.15, 0.2) is 12.1 Å². The van der Waals surface area contributed by atoms with Crippen molar-refractivity contribution in [3.05, 3.63) is 11.9 Å². The molecule has 0 radical (unpaired) electrons. The van der Waals surface area contributed by atoms with E-state index in [2.05, 4.69) is 24.2 Å². The van der Waals surface area contributed by atoms with E-state index in [1.165, 1.54) is 0 Å². The van der Waals surface area contributed by atoms with E-state index in [0.29, 0.717) is 31.9 Å². The minimum absolute atomic E-state index is 0.144. The number of aromatic nitrogens is 3. The molecule has 7 unspecified atom stereocenters. The molecule has 0 bridgehead atoms. The van der Waals surface area contributed by atoms with Gasteiger partial charge in [-0.05, 0) is 39.0 Å². The molecular weight excluding hydrogens is 434 g/mol. The molecule has 7 atom stereocenters. The number of hydrogen-bond donors (Lipinski definition) is 5. The molecule has 11 nitrogen and oxygen atoms in total. The zero-order chi connectivity index (χ0) is 24.6. The van der Waals surface area contributed by atoms with Crippen LogP contribution in [-0.2, 0) is 27.4 Å². The van der Waals surface area contributed by atoms with Crippen LogP contribution in [0.1, 0.15) is 53.2 Å². The second-order valence-electron chi connectivity index (χ2n) is 10.8. The number of aliphatic hydroxyl groups is 5. The van der Waals surface area contributed by atoms with Crippen LogP contribution >= 0.6 is 0 Å². The molecule has 0 spiro atoms. The molecule has 3 rings (SSSR count). The van der Waals surface area contributed by atoms with E-state index in [1.807, 2.05) is 13.8 Å². The zero-order valence-corrected chi connectivity index (χ0v) is 20.1. The van der Waals surface area contributed by atoms with Crippen LogP contribution in [0.5, 0.6) is 0 Å². The number of aliphatic hydroxyl groups excluding tert-OH is 4. The molecule has 1 aliphatic heterocycles. The van der Waals surface area contributed by atoms with Crippen molar-refractivity contribution in [2.45, 2.75) is 96.6 Å². The van der Waals surface area contributed by atoms with E-state index >= 15 is 0 Å². The number of hydrogen-bond acceptors (Lipinski definition) is 10. The van der Waals surface area contributed by atoms with Crippen LogP contribution in [0.4, 0.5) is 0 Å². The van der Waals surface area contributed by atoms with Crippen LogP contribution in [0.25, 0.3) is 0 Å². The molecule has 2 fully saturated rings. The highest BCUT2D eigenvalue weighted by atomic mass is 16.8. The van der Waals surface area contributed by atoms with E-state index < -0.39 is 54.4 Å². The van der Waals surface area contributed by atoms with Crippen molar-refractivity contribution in [1.29, 1.82) is 0 Å². The number of rotatable bonds is 12. The molecule has 2 aliphatic rings. The molecule has 1 aromatic rings. The fourth-order valence-corrected chi connectivity index (χ4v) is 5.05. The molecule has 11 heteroatoms. The van der Waals surface area contributed by atoms with E-state index in [-0.39, 0.29) is 5.41 Å². The standard InChI is InChI=1S/C22H39N3O8/c1-13(27)8-25-9-14(23-24-25)11-32-21(4,5)12-20(2,3)6-7-31-19-16-18(29)17(28)15(10-26)22(16,30)33-19/h9,13,15-19,26-30H,6-8,10-12H2,1-5H3. The van der Waals surface area contributed by atoms with Gasteiger partial charge in [-0.15, -0.1) is 5.10 Å². The number of nitrogens with zero attached hydrogens (tertiary/aromatic N) is 3. The first kappa shape index (κ1) is 26.4. The highest BCUT2D eigenvalue weighted by molar-refractivity contribution is 5.10. The summed E-state index contributed by atoms with van der Waals surface area (Å²) in [5, 5.41) is 57.7. The topological polar surface area (TPSA) is 160 Å². The quantitative estimate of drug-likeness (QED) is 0.275. The Hall–Kier alpha value is -1.18. The normalized spacial score (nSPS) is 33.1. The van der Waals surface area contributed by atoms with Crippen molar-refractivity contribution in [2.75, 3.05) is 13.2 Å². The van der Waals surface area contributed by atoms with Crippen molar-refractivity contribution < 1.29 is 39.7 Å². The van der Waals surface area contributed by atoms with Gasteiger partial charge in [-0.1, -0.05) is 19.1 Å². The zero-order valence-electron chi connectivity index (χ0n) is 20.1. The van der Waals surface area contributed by atoms with Crippen molar-refractivity contribution in [2.24, 2.45) is 17.3 Å². The summed E-state index contributed by atoms with van der Waals surface area (Å²) in [5.41, 5.74) is 0.109. The Bertz CT molecular complexity index is 785. The molecule has 190 valence electrons. The highest BCUT2D eigenvalue weighted by Gasteiger charge is 2.71. The molecule has 1 saturated heterocycles. The SMILES string of the molecule is CC(O)Cn1cc(COC(C)(C)CC(C)(C)CCOC2OC3(O)C(CO)C(O)C(O)C23)nn1. The summed E-state index contributed by atoms with van der Waals surface area (Å²) in [7, 11) is 0. The van der Waals surface area contributed by atoms with Crippen molar-refractivity contribution in [3.63, 3.8) is 0 Å². The molecule has 0 aromatic carbocycles. The van der Waals surface area contributed by atoms with Crippen LogP contribution in [0, 0.1) is 17.3 Å². The van der Waals surface area contributed by atoms with E-state index in [9.17, 15) is 25.5 Å². The van der Waals surface area contributed by atoms with Gasteiger partial charge < -0.3 is 39.7 Å². The summed E-state index contributed by atoms with van der Waals surface area (Å²) in [6.45, 7) is 10.5. The maximum atomic E-state index is 10.5. The number of ether oxygens (including phenoxy) is 3. The molecule has 5 N–H and O–H groups in total. The van der Waals surface area contributed by atoms with Crippen LogP contribution in [0.3, 0.4) is 0 Å². The fourth-order valence-electron chi connectivity index (χ4n) is 5.05. The summed E-state index contributed by atoms with van der Waals surface area (Å²) in [6, 6.07) is 0. The molecule has 2 heterocycles. The fraction of sp³-hybridized carbons (Fsp3) is 0.909. The van der Waals surface area contributed by atoms with Gasteiger partial charge in [0.1, 0.15) is 5.69 Å².